The average Bonchev–Trinajstić information content (AvgIpc) is 2.61. The van der Waals surface area contributed by atoms with Crippen LogP contribution in [0, 0.1) is 0 Å². The molecule has 1 aliphatic carbocycles. The van der Waals surface area contributed by atoms with Crippen LogP contribution in [0.3, 0.4) is 0 Å². The second-order valence-electron chi connectivity index (χ2n) is 7.34. The molecule has 0 saturated heterocycles. The van der Waals surface area contributed by atoms with E-state index in [9.17, 15) is 9.59 Å². The van der Waals surface area contributed by atoms with Gasteiger partial charge in [-0.2, -0.15) is 0 Å². The van der Waals surface area contributed by atoms with Crippen LogP contribution in [0.1, 0.15) is 37.7 Å². The molecule has 1 amide bonds. The van der Waals surface area contributed by atoms with E-state index in [1.807, 2.05) is 30.3 Å². The number of aromatic nitrogens is 1. The lowest BCUT2D eigenvalue weighted by atomic mass is 9.80. The third-order valence-corrected chi connectivity index (χ3v) is 5.53. The molecule has 2 aromatic rings. The largest absolute Gasteiger partial charge is 0.354 e. The number of aromatic amines is 1. The van der Waals surface area contributed by atoms with Crippen LogP contribution in [0.4, 0.5) is 0 Å². The first kappa shape index (κ1) is 17.7. The van der Waals surface area contributed by atoms with E-state index >= 15 is 0 Å². The summed E-state index contributed by atoms with van der Waals surface area (Å²) in [5.41, 5.74) is 1.17. The number of H-pyrrole nitrogens is 1. The van der Waals surface area contributed by atoms with E-state index in [2.05, 4.69) is 29.3 Å². The molecule has 1 aromatic carbocycles. The van der Waals surface area contributed by atoms with Gasteiger partial charge in [-0.05, 0) is 44.5 Å². The highest BCUT2D eigenvalue weighted by molar-refractivity contribution is 5.82. The zero-order chi connectivity index (χ0) is 17.9. The molecule has 1 aromatic heterocycles. The number of nitrogens with zero attached hydrogens (tertiary/aromatic N) is 1. The molecule has 1 aliphatic rings. The second-order valence-corrected chi connectivity index (χ2v) is 7.34. The summed E-state index contributed by atoms with van der Waals surface area (Å²) in [5, 5.41) is 4.01. The molecule has 2 N–H and O–H groups in total. The van der Waals surface area contributed by atoms with E-state index < -0.39 is 0 Å². The maximum atomic E-state index is 12.4. The fourth-order valence-corrected chi connectivity index (χ4v) is 3.81. The van der Waals surface area contributed by atoms with Crippen LogP contribution < -0.4 is 10.9 Å². The zero-order valence-electron chi connectivity index (χ0n) is 15.1. The third-order valence-electron chi connectivity index (χ3n) is 5.53. The first-order valence-corrected chi connectivity index (χ1v) is 9.05. The normalized spacial score (nSPS) is 16.9. The Balaban J connectivity index is 1.68. The number of likely N-dealkylation sites (N-methyl/N-ethyl adjacent to an activating group) is 1. The molecule has 3 rings (SSSR count). The van der Waals surface area contributed by atoms with Crippen molar-refractivity contribution in [2.24, 2.45) is 0 Å². The third kappa shape index (κ3) is 3.93. The fraction of sp³-hybridized carbons (Fsp3) is 0.500. The highest BCUT2D eigenvalue weighted by Crippen LogP contribution is 2.31. The molecule has 0 atom stereocenters. The summed E-state index contributed by atoms with van der Waals surface area (Å²) in [7, 11) is 4.18. The van der Waals surface area contributed by atoms with Crippen LogP contribution in [0.15, 0.2) is 35.1 Å². The minimum Gasteiger partial charge on any atom is -0.354 e. The Bertz CT molecular complexity index is 804. The first-order valence-electron chi connectivity index (χ1n) is 9.05. The number of benzene rings is 1. The van der Waals surface area contributed by atoms with E-state index in [-0.39, 0.29) is 23.4 Å². The minimum atomic E-state index is -0.186. The Hall–Kier alpha value is -2.14. The number of amides is 1. The summed E-state index contributed by atoms with van der Waals surface area (Å²) in [6.07, 6.45) is 6.02. The van der Waals surface area contributed by atoms with Crippen molar-refractivity contribution >= 4 is 16.8 Å². The molecule has 25 heavy (non-hydrogen) atoms. The summed E-state index contributed by atoms with van der Waals surface area (Å²) in [4.78, 5) is 29.7. The van der Waals surface area contributed by atoms with Gasteiger partial charge < -0.3 is 15.2 Å². The molecular formula is C20H27N3O2. The van der Waals surface area contributed by atoms with E-state index in [1.165, 1.54) is 19.3 Å². The maximum absolute atomic E-state index is 12.4. The Morgan fingerprint density at radius 2 is 1.92 bits per heavy atom. The fourth-order valence-electron chi connectivity index (χ4n) is 3.81. The molecule has 5 nitrogen and oxygen atoms in total. The van der Waals surface area contributed by atoms with Crippen LogP contribution >= 0.6 is 0 Å². The van der Waals surface area contributed by atoms with Gasteiger partial charge >= 0.3 is 0 Å². The summed E-state index contributed by atoms with van der Waals surface area (Å²) < 4.78 is 0. The van der Waals surface area contributed by atoms with Gasteiger partial charge in [-0.3, -0.25) is 9.59 Å². The average molecular weight is 341 g/mol. The highest BCUT2D eigenvalue weighted by atomic mass is 16.2. The van der Waals surface area contributed by atoms with Crippen molar-refractivity contribution < 1.29 is 4.79 Å². The molecule has 134 valence electrons. The molecule has 0 spiro atoms. The van der Waals surface area contributed by atoms with E-state index in [0.29, 0.717) is 12.1 Å². The number of hydrogen-bond acceptors (Lipinski definition) is 3. The van der Waals surface area contributed by atoms with E-state index in [4.69, 9.17) is 0 Å². The summed E-state index contributed by atoms with van der Waals surface area (Å²) in [6, 6.07) is 9.43. The van der Waals surface area contributed by atoms with Crippen molar-refractivity contribution in [1.29, 1.82) is 0 Å². The number of carbonyl (C=O) groups excluding carboxylic acids is 1. The molecule has 0 unspecified atom stereocenters. The molecule has 0 aliphatic heterocycles. The van der Waals surface area contributed by atoms with Gasteiger partial charge in [-0.25, -0.2) is 0 Å². The predicted molar refractivity (Wildman–Crippen MR) is 101 cm³/mol. The molecule has 0 radical (unpaired) electrons. The van der Waals surface area contributed by atoms with Crippen molar-refractivity contribution in [3.8, 4) is 0 Å². The van der Waals surface area contributed by atoms with Crippen LogP contribution in [-0.4, -0.2) is 42.0 Å². The van der Waals surface area contributed by atoms with Crippen LogP contribution in [0.5, 0.6) is 0 Å². The molecule has 5 heteroatoms. The van der Waals surface area contributed by atoms with Gasteiger partial charge in [-0.1, -0.05) is 37.5 Å². The van der Waals surface area contributed by atoms with Crippen molar-refractivity contribution in [3.63, 3.8) is 0 Å². The number of para-hydroxylation sites is 1. The summed E-state index contributed by atoms with van der Waals surface area (Å²) >= 11 is 0. The standard InChI is InChI=1S/C20H27N3O2/c1-23(2)20(10-6-3-7-11-20)14-21-18(24)13-16-12-15-8-4-5-9-17(15)22-19(16)25/h4-5,8-9,12H,3,6-7,10-11,13-14H2,1-2H3,(H,21,24)(H,22,25). The van der Waals surface area contributed by atoms with Gasteiger partial charge in [0, 0.05) is 23.2 Å². The SMILES string of the molecule is CN(C)C1(CNC(=O)Cc2cc3ccccc3[nH]c2=O)CCCCC1. The quantitative estimate of drug-likeness (QED) is 0.878. The Labute approximate surface area is 148 Å². The zero-order valence-corrected chi connectivity index (χ0v) is 15.1. The monoisotopic (exact) mass is 341 g/mol. The van der Waals surface area contributed by atoms with Crippen molar-refractivity contribution in [2.75, 3.05) is 20.6 Å². The van der Waals surface area contributed by atoms with Gasteiger partial charge in [-0.15, -0.1) is 0 Å². The Morgan fingerprint density at radius 3 is 2.64 bits per heavy atom. The van der Waals surface area contributed by atoms with Gasteiger partial charge in [0.25, 0.3) is 5.56 Å². The van der Waals surface area contributed by atoms with Crippen LogP contribution in [0.2, 0.25) is 0 Å². The number of fused-ring (bicyclic) bond motifs is 1. The number of hydrogen-bond donors (Lipinski definition) is 2. The molecule has 1 saturated carbocycles. The number of pyridine rings is 1. The van der Waals surface area contributed by atoms with Gasteiger partial charge in [0.1, 0.15) is 0 Å². The minimum absolute atomic E-state index is 0.0454. The number of carbonyl (C=O) groups is 1. The lowest BCUT2D eigenvalue weighted by Crippen LogP contribution is -2.54. The molecule has 1 fully saturated rings. The number of rotatable bonds is 5. The smallest absolute Gasteiger partial charge is 0.252 e. The Morgan fingerprint density at radius 1 is 1.20 bits per heavy atom. The van der Waals surface area contributed by atoms with Crippen molar-refractivity contribution in [3.05, 3.63) is 46.2 Å². The van der Waals surface area contributed by atoms with Gasteiger partial charge in [0.2, 0.25) is 5.91 Å². The summed E-state index contributed by atoms with van der Waals surface area (Å²) in [6.45, 7) is 0.643. The topological polar surface area (TPSA) is 65.2 Å². The van der Waals surface area contributed by atoms with Crippen molar-refractivity contribution in [2.45, 2.75) is 44.1 Å². The highest BCUT2D eigenvalue weighted by Gasteiger charge is 2.34. The van der Waals surface area contributed by atoms with Crippen LogP contribution in [-0.2, 0) is 11.2 Å². The first-order chi connectivity index (χ1) is 12.0. The van der Waals surface area contributed by atoms with Gasteiger partial charge in [0.05, 0.1) is 6.42 Å². The maximum Gasteiger partial charge on any atom is 0.252 e. The Kier molecular flexibility index (Phi) is 5.23. The second kappa shape index (κ2) is 7.40. The lowest BCUT2D eigenvalue weighted by molar-refractivity contribution is -0.121. The number of nitrogens with one attached hydrogen (secondary N) is 2. The van der Waals surface area contributed by atoms with Crippen LogP contribution in [0.25, 0.3) is 10.9 Å². The van der Waals surface area contributed by atoms with Crippen molar-refractivity contribution in [1.82, 2.24) is 15.2 Å². The van der Waals surface area contributed by atoms with E-state index in [0.717, 1.165) is 23.7 Å². The molecule has 0 bridgehead atoms. The molecule has 1 heterocycles. The lowest BCUT2D eigenvalue weighted by Gasteiger charge is -2.43. The van der Waals surface area contributed by atoms with E-state index in [1.54, 1.807) is 0 Å². The van der Waals surface area contributed by atoms with Gasteiger partial charge in [0.15, 0.2) is 0 Å². The summed E-state index contributed by atoms with van der Waals surface area (Å²) in [5.74, 6) is -0.0902. The molecular weight excluding hydrogens is 314 g/mol. The predicted octanol–water partition coefficient (Wildman–Crippen LogP) is 2.45.